The highest BCUT2D eigenvalue weighted by Crippen LogP contribution is 2.32. The third-order valence-electron chi connectivity index (χ3n) is 2.64. The van der Waals surface area contributed by atoms with E-state index in [0.29, 0.717) is 23.1 Å². The lowest BCUT2D eigenvalue weighted by Crippen LogP contribution is -2.01. The van der Waals surface area contributed by atoms with E-state index in [2.05, 4.69) is 36.5 Å². The Balaban J connectivity index is 2.34. The van der Waals surface area contributed by atoms with Crippen LogP contribution in [-0.2, 0) is 0 Å². The minimum absolute atomic E-state index is 0.652. The van der Waals surface area contributed by atoms with E-state index >= 15 is 0 Å². The Morgan fingerprint density at radius 2 is 1.60 bits per heavy atom. The van der Waals surface area contributed by atoms with Crippen molar-refractivity contribution in [1.82, 2.24) is 9.97 Å². The van der Waals surface area contributed by atoms with Gasteiger partial charge in [0.1, 0.15) is 33.9 Å². The van der Waals surface area contributed by atoms with E-state index in [1.807, 2.05) is 12.1 Å². The topological polar surface area (TPSA) is 68.3 Å². The summed E-state index contributed by atoms with van der Waals surface area (Å²) in [7, 11) is 5.02. The average Bonchev–Trinajstić information content (AvgIpc) is 2.49. The Labute approximate surface area is 125 Å². The summed E-state index contributed by atoms with van der Waals surface area (Å²) in [6.07, 6.45) is 1.48. The van der Waals surface area contributed by atoms with Crippen LogP contribution in [0.15, 0.2) is 29.0 Å². The van der Waals surface area contributed by atoms with Crippen molar-refractivity contribution in [3.63, 3.8) is 0 Å². The molecule has 6 nitrogen and oxygen atoms in total. The van der Waals surface area contributed by atoms with Crippen LogP contribution in [0.1, 0.15) is 0 Å². The summed E-state index contributed by atoms with van der Waals surface area (Å²) in [5, 5.41) is 6.18. The van der Waals surface area contributed by atoms with Crippen LogP contribution in [0, 0.1) is 0 Å². The molecule has 0 bridgehead atoms. The van der Waals surface area contributed by atoms with E-state index in [0.717, 1.165) is 10.2 Å². The van der Waals surface area contributed by atoms with Crippen LogP contribution in [0.25, 0.3) is 0 Å². The van der Waals surface area contributed by atoms with E-state index in [-0.39, 0.29) is 0 Å². The number of nitrogens with one attached hydrogen (secondary N) is 2. The molecule has 0 atom stereocenters. The standard InChI is InChI=1S/C13H15BrN4O2/c1-15-12-11(14)13(17-7-16-12)18-8-4-9(19-2)6-10(5-8)20-3/h4-7H,1-3H3,(H2,15,16,17,18). The summed E-state index contributed by atoms with van der Waals surface area (Å²) in [6, 6.07) is 5.52. The number of halogens is 1. The molecular formula is C13H15BrN4O2. The number of benzene rings is 1. The van der Waals surface area contributed by atoms with Gasteiger partial charge in [-0.05, 0) is 15.9 Å². The third-order valence-corrected chi connectivity index (χ3v) is 3.39. The number of hydrogen-bond acceptors (Lipinski definition) is 6. The molecule has 0 fully saturated rings. The van der Waals surface area contributed by atoms with E-state index in [4.69, 9.17) is 9.47 Å². The van der Waals surface area contributed by atoms with Gasteiger partial charge in [-0.15, -0.1) is 0 Å². The molecule has 7 heteroatoms. The molecule has 1 heterocycles. The van der Waals surface area contributed by atoms with Crippen LogP contribution < -0.4 is 20.1 Å². The number of methoxy groups -OCH3 is 2. The van der Waals surface area contributed by atoms with Gasteiger partial charge < -0.3 is 20.1 Å². The Hall–Kier alpha value is -2.02. The molecule has 0 saturated carbocycles. The summed E-state index contributed by atoms with van der Waals surface area (Å²) >= 11 is 3.46. The first-order chi connectivity index (χ1) is 9.67. The van der Waals surface area contributed by atoms with Gasteiger partial charge in [-0.3, -0.25) is 0 Å². The Kier molecular flexibility index (Phi) is 4.62. The van der Waals surface area contributed by atoms with Gasteiger partial charge in [-0.1, -0.05) is 0 Å². The summed E-state index contributed by atoms with van der Waals surface area (Å²) in [5.41, 5.74) is 0.808. The molecule has 1 aromatic carbocycles. The Morgan fingerprint density at radius 1 is 1.00 bits per heavy atom. The van der Waals surface area contributed by atoms with Gasteiger partial charge in [-0.2, -0.15) is 0 Å². The van der Waals surface area contributed by atoms with Crippen molar-refractivity contribution in [3.05, 3.63) is 29.0 Å². The van der Waals surface area contributed by atoms with Crippen molar-refractivity contribution in [2.45, 2.75) is 0 Å². The van der Waals surface area contributed by atoms with Gasteiger partial charge in [0, 0.05) is 30.9 Å². The van der Waals surface area contributed by atoms with Crippen molar-refractivity contribution >= 4 is 33.3 Å². The van der Waals surface area contributed by atoms with Gasteiger partial charge >= 0.3 is 0 Å². The average molecular weight is 339 g/mol. The fraction of sp³-hybridized carbons (Fsp3) is 0.231. The molecule has 106 valence electrons. The quantitative estimate of drug-likeness (QED) is 0.873. The number of aromatic nitrogens is 2. The zero-order valence-electron chi connectivity index (χ0n) is 11.4. The molecule has 0 unspecified atom stereocenters. The second kappa shape index (κ2) is 6.42. The molecule has 20 heavy (non-hydrogen) atoms. The summed E-state index contributed by atoms with van der Waals surface area (Å²) in [6.45, 7) is 0. The SMILES string of the molecule is CNc1ncnc(Nc2cc(OC)cc(OC)c2)c1Br. The number of hydrogen-bond donors (Lipinski definition) is 2. The van der Waals surface area contributed by atoms with Crippen LogP contribution in [0.5, 0.6) is 11.5 Å². The van der Waals surface area contributed by atoms with Gasteiger partial charge in [0.05, 0.1) is 14.2 Å². The maximum Gasteiger partial charge on any atom is 0.150 e. The number of ether oxygens (including phenoxy) is 2. The molecule has 2 aromatic rings. The third kappa shape index (κ3) is 3.11. The molecule has 0 spiro atoms. The predicted molar refractivity (Wildman–Crippen MR) is 82.1 cm³/mol. The molecule has 0 radical (unpaired) electrons. The van der Waals surface area contributed by atoms with Crippen molar-refractivity contribution in [2.75, 3.05) is 31.9 Å². The van der Waals surface area contributed by atoms with Crippen LogP contribution in [0.3, 0.4) is 0 Å². The molecule has 2 N–H and O–H groups in total. The molecule has 2 rings (SSSR count). The van der Waals surface area contributed by atoms with Gasteiger partial charge in [0.15, 0.2) is 0 Å². The Bertz CT molecular complexity index is 585. The minimum atomic E-state index is 0.652. The molecule has 0 amide bonds. The van der Waals surface area contributed by atoms with Crippen molar-refractivity contribution in [1.29, 1.82) is 0 Å². The maximum atomic E-state index is 5.23. The summed E-state index contributed by atoms with van der Waals surface area (Å²) in [5.74, 6) is 2.76. The maximum absolute atomic E-state index is 5.23. The molecule has 1 aromatic heterocycles. The van der Waals surface area contributed by atoms with Crippen molar-refractivity contribution in [2.24, 2.45) is 0 Å². The summed E-state index contributed by atoms with van der Waals surface area (Å²) in [4.78, 5) is 8.31. The zero-order valence-corrected chi connectivity index (χ0v) is 13.0. The van der Waals surface area contributed by atoms with E-state index in [1.54, 1.807) is 27.3 Å². The van der Waals surface area contributed by atoms with Gasteiger partial charge in [0.25, 0.3) is 0 Å². The first-order valence-corrected chi connectivity index (χ1v) is 6.65. The fourth-order valence-electron chi connectivity index (χ4n) is 1.65. The zero-order chi connectivity index (χ0) is 14.5. The largest absolute Gasteiger partial charge is 0.497 e. The monoisotopic (exact) mass is 338 g/mol. The van der Waals surface area contributed by atoms with Gasteiger partial charge in [0.2, 0.25) is 0 Å². The lowest BCUT2D eigenvalue weighted by Gasteiger charge is -2.12. The van der Waals surface area contributed by atoms with Crippen LogP contribution in [0.4, 0.5) is 17.3 Å². The van der Waals surface area contributed by atoms with Crippen LogP contribution >= 0.6 is 15.9 Å². The predicted octanol–water partition coefficient (Wildman–Crippen LogP) is 3.04. The first kappa shape index (κ1) is 14.4. The van der Waals surface area contributed by atoms with Crippen molar-refractivity contribution < 1.29 is 9.47 Å². The van der Waals surface area contributed by atoms with E-state index in [9.17, 15) is 0 Å². The second-order valence-corrected chi connectivity index (χ2v) is 4.65. The normalized spacial score (nSPS) is 10.0. The van der Waals surface area contributed by atoms with E-state index < -0.39 is 0 Å². The molecule has 0 aliphatic heterocycles. The molecule has 0 aliphatic carbocycles. The highest BCUT2D eigenvalue weighted by Gasteiger charge is 2.09. The number of rotatable bonds is 5. The highest BCUT2D eigenvalue weighted by atomic mass is 79.9. The highest BCUT2D eigenvalue weighted by molar-refractivity contribution is 9.10. The van der Waals surface area contributed by atoms with Gasteiger partial charge in [-0.25, -0.2) is 9.97 Å². The molecular weight excluding hydrogens is 324 g/mol. The first-order valence-electron chi connectivity index (χ1n) is 5.86. The second-order valence-electron chi connectivity index (χ2n) is 3.86. The van der Waals surface area contributed by atoms with Crippen molar-refractivity contribution in [3.8, 4) is 11.5 Å². The smallest absolute Gasteiger partial charge is 0.150 e. The fourth-order valence-corrected chi connectivity index (χ4v) is 2.15. The lowest BCUT2D eigenvalue weighted by molar-refractivity contribution is 0.395. The molecule has 0 saturated heterocycles. The van der Waals surface area contributed by atoms with Crippen LogP contribution in [0.2, 0.25) is 0 Å². The Morgan fingerprint density at radius 3 is 2.15 bits per heavy atom. The van der Waals surface area contributed by atoms with Crippen LogP contribution in [-0.4, -0.2) is 31.2 Å². The lowest BCUT2D eigenvalue weighted by atomic mass is 10.2. The minimum Gasteiger partial charge on any atom is -0.497 e. The van der Waals surface area contributed by atoms with E-state index in [1.165, 1.54) is 6.33 Å². The summed E-state index contributed by atoms with van der Waals surface area (Å²) < 4.78 is 11.2. The molecule has 0 aliphatic rings. The number of anilines is 3. The number of nitrogens with zero attached hydrogens (tertiary/aromatic N) is 2.